The predicted octanol–water partition coefficient (Wildman–Crippen LogP) is 3.24. The highest BCUT2D eigenvalue weighted by Crippen LogP contribution is 2.39. The van der Waals surface area contributed by atoms with Gasteiger partial charge in [-0.2, -0.15) is 0 Å². The molecule has 3 rings (SSSR count). The molecule has 0 bridgehead atoms. The van der Waals surface area contributed by atoms with Gasteiger partial charge >= 0.3 is 0 Å². The molecule has 1 N–H and O–H groups in total. The minimum atomic E-state index is -4.25. The van der Waals surface area contributed by atoms with E-state index in [0.717, 1.165) is 25.5 Å². The summed E-state index contributed by atoms with van der Waals surface area (Å²) in [6.45, 7) is 1.64. The Labute approximate surface area is 196 Å². The Kier molecular flexibility index (Phi) is 7.57. The van der Waals surface area contributed by atoms with Crippen molar-refractivity contribution >= 4 is 29.7 Å². The van der Waals surface area contributed by atoms with Crippen LogP contribution in [0, 0.1) is 0 Å². The maximum Gasteiger partial charge on any atom is 0.211 e. The van der Waals surface area contributed by atoms with Crippen LogP contribution < -0.4 is 9.46 Å². The second-order valence-electron chi connectivity index (χ2n) is 8.28. The molecule has 1 aliphatic carbocycles. The maximum atomic E-state index is 13.6. The lowest BCUT2D eigenvalue weighted by molar-refractivity contribution is 0.399. The summed E-state index contributed by atoms with van der Waals surface area (Å²) >= 11 is 0. The van der Waals surface area contributed by atoms with E-state index >= 15 is 0 Å². The van der Waals surface area contributed by atoms with Crippen LogP contribution in [0.15, 0.2) is 57.2 Å². The fourth-order valence-electron chi connectivity index (χ4n) is 4.14. The standard InChI is InChI=1S/C22H29NO7S3/c1-16(23-31(3,24)25)17-12-14-19(15-13-17)33(28,29)22-20(30-2)10-7-11-21(22)32(26,27)18-8-5-4-6-9-18/h7,10-16,18,23H,4-6,8-9H2,1-3H3/t16-/m0/s1. The Morgan fingerprint density at radius 3 is 2.06 bits per heavy atom. The molecule has 33 heavy (non-hydrogen) atoms. The van der Waals surface area contributed by atoms with Gasteiger partial charge in [-0.05, 0) is 49.6 Å². The molecule has 182 valence electrons. The molecule has 11 heteroatoms. The number of nitrogens with one attached hydrogen (secondary N) is 1. The number of benzene rings is 2. The van der Waals surface area contributed by atoms with E-state index in [4.69, 9.17) is 4.74 Å². The predicted molar refractivity (Wildman–Crippen MR) is 125 cm³/mol. The van der Waals surface area contributed by atoms with E-state index < -0.39 is 41.0 Å². The molecule has 1 atom stereocenters. The zero-order valence-corrected chi connectivity index (χ0v) is 21.3. The highest BCUT2D eigenvalue weighted by Gasteiger charge is 2.36. The molecule has 0 radical (unpaired) electrons. The molecule has 1 saturated carbocycles. The van der Waals surface area contributed by atoms with Crippen molar-refractivity contribution in [3.63, 3.8) is 0 Å². The topological polar surface area (TPSA) is 124 Å². The van der Waals surface area contributed by atoms with Gasteiger partial charge in [-0.25, -0.2) is 30.0 Å². The van der Waals surface area contributed by atoms with Crippen molar-refractivity contribution in [2.75, 3.05) is 13.4 Å². The summed E-state index contributed by atoms with van der Waals surface area (Å²) in [5.74, 6) is -0.0388. The Bertz CT molecular complexity index is 1310. The summed E-state index contributed by atoms with van der Waals surface area (Å²) in [5, 5.41) is -0.627. The van der Waals surface area contributed by atoms with Crippen LogP contribution in [0.4, 0.5) is 0 Å². The fraction of sp³-hybridized carbons (Fsp3) is 0.455. The molecule has 0 aromatic heterocycles. The first-order valence-electron chi connectivity index (χ1n) is 10.6. The van der Waals surface area contributed by atoms with Crippen LogP contribution >= 0.6 is 0 Å². The first kappa shape index (κ1) is 25.7. The second kappa shape index (κ2) is 9.73. The van der Waals surface area contributed by atoms with Crippen LogP contribution in [0.2, 0.25) is 0 Å². The highest BCUT2D eigenvalue weighted by atomic mass is 32.2. The molecule has 1 fully saturated rings. The number of hydrogen-bond donors (Lipinski definition) is 1. The van der Waals surface area contributed by atoms with Crippen molar-refractivity contribution in [3.8, 4) is 5.75 Å². The van der Waals surface area contributed by atoms with Gasteiger partial charge in [0, 0.05) is 6.04 Å². The van der Waals surface area contributed by atoms with E-state index in [-0.39, 0.29) is 20.4 Å². The van der Waals surface area contributed by atoms with Crippen molar-refractivity contribution in [3.05, 3.63) is 48.0 Å². The van der Waals surface area contributed by atoms with Gasteiger partial charge < -0.3 is 4.74 Å². The molecule has 8 nitrogen and oxygen atoms in total. The van der Waals surface area contributed by atoms with Gasteiger partial charge in [0.15, 0.2) is 9.84 Å². The molecular weight excluding hydrogens is 486 g/mol. The van der Waals surface area contributed by atoms with Crippen LogP contribution in [0.5, 0.6) is 5.75 Å². The zero-order chi connectivity index (χ0) is 24.4. The van der Waals surface area contributed by atoms with Crippen molar-refractivity contribution in [2.24, 2.45) is 0 Å². The summed E-state index contributed by atoms with van der Waals surface area (Å²) in [7, 11) is -10.3. The summed E-state index contributed by atoms with van der Waals surface area (Å²) < 4.78 is 84.8. The highest BCUT2D eigenvalue weighted by molar-refractivity contribution is 7.95. The average molecular weight is 516 g/mol. The van der Waals surface area contributed by atoms with E-state index in [1.54, 1.807) is 6.92 Å². The Balaban J connectivity index is 2.08. The molecule has 0 amide bonds. The lowest BCUT2D eigenvalue weighted by Crippen LogP contribution is -2.26. The first-order chi connectivity index (χ1) is 15.4. The van der Waals surface area contributed by atoms with Crippen molar-refractivity contribution in [1.29, 1.82) is 0 Å². The van der Waals surface area contributed by atoms with Crippen LogP contribution in [0.25, 0.3) is 0 Å². The van der Waals surface area contributed by atoms with Crippen molar-refractivity contribution in [1.82, 2.24) is 4.72 Å². The molecule has 1 aliphatic rings. The Morgan fingerprint density at radius 1 is 0.909 bits per heavy atom. The first-order valence-corrected chi connectivity index (χ1v) is 15.5. The number of ether oxygens (including phenoxy) is 1. The third-order valence-corrected chi connectivity index (χ3v) is 10.9. The maximum absolute atomic E-state index is 13.6. The SMILES string of the molecule is COc1cccc(S(=O)(=O)C2CCCCC2)c1S(=O)(=O)c1ccc([C@H](C)NS(C)(=O)=O)cc1. The van der Waals surface area contributed by atoms with Crippen LogP contribution in [0.3, 0.4) is 0 Å². The number of methoxy groups -OCH3 is 1. The smallest absolute Gasteiger partial charge is 0.211 e. The van der Waals surface area contributed by atoms with Crippen LogP contribution in [0.1, 0.15) is 50.6 Å². The van der Waals surface area contributed by atoms with Gasteiger partial charge in [-0.3, -0.25) is 0 Å². The fourth-order valence-corrected chi connectivity index (χ4v) is 9.02. The summed E-state index contributed by atoms with van der Waals surface area (Å²) in [5.41, 5.74) is 0.564. The van der Waals surface area contributed by atoms with Crippen LogP contribution in [-0.2, 0) is 29.7 Å². The van der Waals surface area contributed by atoms with Gasteiger partial charge in [0.1, 0.15) is 10.6 Å². The molecule has 0 heterocycles. The average Bonchev–Trinajstić information content (AvgIpc) is 2.78. The molecule has 2 aromatic rings. The van der Waals surface area contributed by atoms with E-state index in [2.05, 4.69) is 4.72 Å². The lowest BCUT2D eigenvalue weighted by Gasteiger charge is -2.23. The number of sulfonamides is 1. The number of hydrogen-bond acceptors (Lipinski definition) is 7. The normalized spacial score (nSPS) is 16.9. The van der Waals surface area contributed by atoms with E-state index in [1.165, 1.54) is 49.6 Å². The minimum absolute atomic E-state index is 0.0388. The van der Waals surface area contributed by atoms with Crippen molar-refractivity contribution < 1.29 is 30.0 Å². The summed E-state index contributed by atoms with van der Waals surface area (Å²) in [4.78, 5) is -0.722. The monoisotopic (exact) mass is 515 g/mol. The largest absolute Gasteiger partial charge is 0.495 e. The molecule has 0 saturated heterocycles. The molecule has 0 spiro atoms. The summed E-state index contributed by atoms with van der Waals surface area (Å²) in [6, 6.07) is 9.36. The molecule has 0 aliphatic heterocycles. The Hall–Kier alpha value is -1.95. The lowest BCUT2D eigenvalue weighted by atomic mass is 10.0. The molecule has 2 aromatic carbocycles. The summed E-state index contributed by atoms with van der Waals surface area (Å²) in [6.07, 6.45) is 4.58. The van der Waals surface area contributed by atoms with E-state index in [0.29, 0.717) is 18.4 Å². The Morgan fingerprint density at radius 2 is 1.52 bits per heavy atom. The number of rotatable bonds is 8. The third-order valence-electron chi connectivity index (χ3n) is 5.81. The zero-order valence-electron chi connectivity index (χ0n) is 18.8. The van der Waals surface area contributed by atoms with E-state index in [9.17, 15) is 25.3 Å². The van der Waals surface area contributed by atoms with Gasteiger partial charge in [0.2, 0.25) is 19.9 Å². The van der Waals surface area contributed by atoms with Gasteiger partial charge in [-0.1, -0.05) is 37.5 Å². The van der Waals surface area contributed by atoms with Crippen LogP contribution in [-0.4, -0.2) is 43.9 Å². The van der Waals surface area contributed by atoms with Gasteiger partial charge in [0.25, 0.3) is 0 Å². The number of sulfone groups is 2. The minimum Gasteiger partial charge on any atom is -0.495 e. The quantitative estimate of drug-likeness (QED) is 0.572. The van der Waals surface area contributed by atoms with Crippen molar-refractivity contribution in [2.45, 2.75) is 65.0 Å². The van der Waals surface area contributed by atoms with Gasteiger partial charge in [-0.15, -0.1) is 0 Å². The molecule has 0 unspecified atom stereocenters. The van der Waals surface area contributed by atoms with E-state index in [1.807, 2.05) is 0 Å². The second-order valence-corrected chi connectivity index (χ2v) is 14.1. The van der Waals surface area contributed by atoms with Gasteiger partial charge in [0.05, 0.1) is 28.4 Å². The third kappa shape index (κ3) is 5.59. The molecular formula is C22H29NO7S3.